The van der Waals surface area contributed by atoms with Crippen LogP contribution in [0.1, 0.15) is 37.0 Å². The van der Waals surface area contributed by atoms with Gasteiger partial charge in [0.15, 0.2) is 6.61 Å². The minimum atomic E-state index is -0.633. The molecule has 0 spiro atoms. The van der Waals surface area contributed by atoms with E-state index in [-0.39, 0.29) is 25.0 Å². The maximum absolute atomic E-state index is 13.2. The van der Waals surface area contributed by atoms with Gasteiger partial charge in [0.2, 0.25) is 5.91 Å². The Kier molecular flexibility index (Phi) is 9.00. The van der Waals surface area contributed by atoms with Gasteiger partial charge in [-0.3, -0.25) is 9.59 Å². The molecule has 1 N–H and O–H groups in total. The van der Waals surface area contributed by atoms with E-state index in [0.717, 1.165) is 11.1 Å². The van der Waals surface area contributed by atoms with E-state index in [0.29, 0.717) is 34.3 Å². The first-order chi connectivity index (χ1) is 14.3. The minimum Gasteiger partial charge on any atom is -0.483 e. The van der Waals surface area contributed by atoms with Crippen LogP contribution in [0, 0.1) is 13.8 Å². The molecule has 0 radical (unpaired) electrons. The highest BCUT2D eigenvalue weighted by atomic mass is 35.5. The van der Waals surface area contributed by atoms with E-state index >= 15 is 0 Å². The predicted molar refractivity (Wildman–Crippen MR) is 121 cm³/mol. The molecule has 2 aromatic carbocycles. The molecule has 1 unspecified atom stereocenters. The van der Waals surface area contributed by atoms with E-state index in [9.17, 15) is 9.59 Å². The van der Waals surface area contributed by atoms with Crippen molar-refractivity contribution in [3.05, 3.63) is 63.1 Å². The lowest BCUT2D eigenvalue weighted by molar-refractivity contribution is -0.142. The summed E-state index contributed by atoms with van der Waals surface area (Å²) in [7, 11) is 0. The molecule has 0 aliphatic heterocycles. The number of carbonyl (C=O) groups excluding carboxylic acids is 2. The molecule has 2 amide bonds. The average molecular weight is 451 g/mol. The fourth-order valence-corrected chi connectivity index (χ4v) is 3.62. The van der Waals surface area contributed by atoms with E-state index in [2.05, 4.69) is 5.32 Å². The lowest BCUT2D eigenvalue weighted by Gasteiger charge is -2.31. The highest BCUT2D eigenvalue weighted by Crippen LogP contribution is 2.24. The summed E-state index contributed by atoms with van der Waals surface area (Å²) in [4.78, 5) is 27.3. The summed E-state index contributed by atoms with van der Waals surface area (Å²) in [6, 6.07) is 10.2. The summed E-state index contributed by atoms with van der Waals surface area (Å²) in [5.74, 6) is 0.157. The SMILES string of the molecule is CCNC(=O)C(CC)N(Cc1ccc(Cl)cc1Cl)C(=O)COc1cccc(C)c1C. The summed E-state index contributed by atoms with van der Waals surface area (Å²) in [6.07, 6.45) is 0.465. The van der Waals surface area contributed by atoms with Gasteiger partial charge in [-0.05, 0) is 62.1 Å². The van der Waals surface area contributed by atoms with Crippen LogP contribution < -0.4 is 10.1 Å². The lowest BCUT2D eigenvalue weighted by Crippen LogP contribution is -2.50. The van der Waals surface area contributed by atoms with E-state index in [4.69, 9.17) is 27.9 Å². The van der Waals surface area contributed by atoms with Crippen LogP contribution in [0.4, 0.5) is 0 Å². The number of nitrogens with one attached hydrogen (secondary N) is 1. The van der Waals surface area contributed by atoms with Crippen LogP contribution in [0.5, 0.6) is 5.75 Å². The number of hydrogen-bond donors (Lipinski definition) is 1. The third-order valence-electron chi connectivity index (χ3n) is 5.00. The Balaban J connectivity index is 2.27. The quantitative estimate of drug-likeness (QED) is 0.588. The number of halogens is 2. The van der Waals surface area contributed by atoms with Crippen molar-refractivity contribution in [2.45, 2.75) is 46.7 Å². The maximum atomic E-state index is 13.2. The molecule has 1 atom stereocenters. The molecule has 0 saturated carbocycles. The molecule has 0 heterocycles. The van der Waals surface area contributed by atoms with Gasteiger partial charge in [0.25, 0.3) is 5.91 Å². The summed E-state index contributed by atoms with van der Waals surface area (Å²) < 4.78 is 5.80. The largest absolute Gasteiger partial charge is 0.483 e. The van der Waals surface area contributed by atoms with Crippen LogP contribution in [0.3, 0.4) is 0 Å². The molecule has 7 heteroatoms. The molecule has 2 rings (SSSR count). The van der Waals surface area contributed by atoms with Gasteiger partial charge >= 0.3 is 0 Å². The number of rotatable bonds is 9. The first kappa shape index (κ1) is 24.0. The Hall–Kier alpha value is -2.24. The Morgan fingerprint density at radius 3 is 2.50 bits per heavy atom. The van der Waals surface area contributed by atoms with Gasteiger partial charge in [-0.2, -0.15) is 0 Å². The minimum absolute atomic E-state index is 0.175. The number of ether oxygens (including phenoxy) is 1. The van der Waals surface area contributed by atoms with Crippen LogP contribution in [-0.2, 0) is 16.1 Å². The van der Waals surface area contributed by atoms with Crippen molar-refractivity contribution in [3.63, 3.8) is 0 Å². The van der Waals surface area contributed by atoms with Crippen molar-refractivity contribution in [2.24, 2.45) is 0 Å². The highest BCUT2D eigenvalue weighted by Gasteiger charge is 2.29. The number of hydrogen-bond acceptors (Lipinski definition) is 3. The second-order valence-electron chi connectivity index (χ2n) is 7.06. The number of likely N-dealkylation sites (N-methyl/N-ethyl adjacent to an activating group) is 1. The molecule has 0 aliphatic rings. The summed E-state index contributed by atoms with van der Waals surface area (Å²) in [6.45, 7) is 8.14. The third-order valence-corrected chi connectivity index (χ3v) is 5.59. The zero-order valence-electron chi connectivity index (χ0n) is 17.8. The van der Waals surface area contributed by atoms with E-state index in [1.165, 1.54) is 4.90 Å². The summed E-state index contributed by atoms with van der Waals surface area (Å²) in [5, 5.41) is 3.76. The van der Waals surface area contributed by atoms with Gasteiger partial charge in [-0.1, -0.05) is 48.3 Å². The summed E-state index contributed by atoms with van der Waals surface area (Å²) in [5.41, 5.74) is 2.77. The van der Waals surface area contributed by atoms with Gasteiger partial charge in [0.05, 0.1) is 0 Å². The normalized spacial score (nSPS) is 11.7. The molecule has 2 aromatic rings. The molecule has 0 saturated heterocycles. The number of benzene rings is 2. The number of nitrogens with zero attached hydrogens (tertiary/aromatic N) is 1. The van der Waals surface area contributed by atoms with Crippen LogP contribution in [0.15, 0.2) is 36.4 Å². The standard InChI is InChI=1S/C23H28Cl2N2O3/c1-5-20(23(29)26-6-2)27(13-17-10-11-18(24)12-19(17)25)22(28)14-30-21-9-7-8-15(3)16(21)4/h7-12,20H,5-6,13-14H2,1-4H3,(H,26,29). The number of aryl methyl sites for hydroxylation is 1. The molecule has 0 aliphatic carbocycles. The zero-order valence-corrected chi connectivity index (χ0v) is 19.3. The van der Waals surface area contributed by atoms with E-state index in [1.807, 2.05) is 45.9 Å². The Labute approximate surface area is 188 Å². The number of amides is 2. The first-order valence-electron chi connectivity index (χ1n) is 9.98. The van der Waals surface area contributed by atoms with E-state index in [1.54, 1.807) is 18.2 Å². The van der Waals surface area contributed by atoms with Gasteiger partial charge in [0, 0.05) is 23.1 Å². The van der Waals surface area contributed by atoms with Gasteiger partial charge < -0.3 is 15.0 Å². The monoisotopic (exact) mass is 450 g/mol. The Bertz CT molecular complexity index is 902. The lowest BCUT2D eigenvalue weighted by atomic mass is 10.1. The second kappa shape index (κ2) is 11.2. The molecule has 5 nitrogen and oxygen atoms in total. The van der Waals surface area contributed by atoms with Crippen LogP contribution in [-0.4, -0.2) is 35.9 Å². The van der Waals surface area contributed by atoms with Crippen LogP contribution in [0.25, 0.3) is 0 Å². The second-order valence-corrected chi connectivity index (χ2v) is 7.91. The number of carbonyl (C=O) groups is 2. The van der Waals surface area contributed by atoms with Crippen LogP contribution >= 0.6 is 23.2 Å². The van der Waals surface area contributed by atoms with Crippen LogP contribution in [0.2, 0.25) is 10.0 Å². The van der Waals surface area contributed by atoms with Crippen molar-refractivity contribution in [1.82, 2.24) is 10.2 Å². The molecule has 0 bridgehead atoms. The van der Waals surface area contributed by atoms with Crippen molar-refractivity contribution in [2.75, 3.05) is 13.2 Å². The highest BCUT2D eigenvalue weighted by molar-refractivity contribution is 6.35. The van der Waals surface area contributed by atoms with E-state index < -0.39 is 6.04 Å². The molecule has 0 aromatic heterocycles. The van der Waals surface area contributed by atoms with Gasteiger partial charge in [0.1, 0.15) is 11.8 Å². The maximum Gasteiger partial charge on any atom is 0.261 e. The topological polar surface area (TPSA) is 58.6 Å². The van der Waals surface area contributed by atoms with Crippen molar-refractivity contribution >= 4 is 35.0 Å². The van der Waals surface area contributed by atoms with Crippen molar-refractivity contribution in [1.29, 1.82) is 0 Å². The molecule has 30 heavy (non-hydrogen) atoms. The first-order valence-corrected chi connectivity index (χ1v) is 10.7. The van der Waals surface area contributed by atoms with Crippen molar-refractivity contribution in [3.8, 4) is 5.75 Å². The average Bonchev–Trinajstić information content (AvgIpc) is 2.70. The molecule has 162 valence electrons. The molecule has 0 fully saturated rings. The summed E-state index contributed by atoms with van der Waals surface area (Å²) >= 11 is 12.3. The smallest absolute Gasteiger partial charge is 0.261 e. The van der Waals surface area contributed by atoms with Gasteiger partial charge in [-0.15, -0.1) is 0 Å². The fraction of sp³-hybridized carbons (Fsp3) is 0.391. The Morgan fingerprint density at radius 1 is 1.13 bits per heavy atom. The van der Waals surface area contributed by atoms with Gasteiger partial charge in [-0.25, -0.2) is 0 Å². The molecular weight excluding hydrogens is 423 g/mol. The fourth-order valence-electron chi connectivity index (χ4n) is 3.15. The molecular formula is C23H28Cl2N2O3. The Morgan fingerprint density at radius 2 is 1.87 bits per heavy atom. The third kappa shape index (κ3) is 6.13. The zero-order chi connectivity index (χ0) is 22.3. The predicted octanol–water partition coefficient (Wildman–Crippen LogP) is 4.93. The van der Waals surface area contributed by atoms with Crippen molar-refractivity contribution < 1.29 is 14.3 Å².